The van der Waals surface area contributed by atoms with Crippen LogP contribution in [0.3, 0.4) is 0 Å². The van der Waals surface area contributed by atoms with Crippen LogP contribution in [0, 0.1) is 0 Å². The number of hydrogen-bond acceptors (Lipinski definition) is 6. The highest BCUT2D eigenvalue weighted by Gasteiger charge is 2.24. The molecular formula is C18H22N2O4. The van der Waals surface area contributed by atoms with Crippen molar-refractivity contribution in [2.75, 3.05) is 0 Å². The zero-order valence-corrected chi connectivity index (χ0v) is 14.4. The van der Waals surface area contributed by atoms with Crippen molar-refractivity contribution < 1.29 is 18.8 Å². The molecule has 0 saturated carbocycles. The second-order valence-electron chi connectivity index (χ2n) is 6.63. The van der Waals surface area contributed by atoms with Gasteiger partial charge in [0.1, 0.15) is 0 Å². The zero-order chi connectivity index (χ0) is 17.7. The highest BCUT2D eigenvalue weighted by Crippen LogP contribution is 2.22. The van der Waals surface area contributed by atoms with Crippen LogP contribution in [0.4, 0.5) is 0 Å². The smallest absolute Gasteiger partial charge is 0.307 e. The van der Waals surface area contributed by atoms with Gasteiger partial charge in [-0.3, -0.25) is 9.59 Å². The van der Waals surface area contributed by atoms with E-state index in [9.17, 15) is 9.59 Å². The van der Waals surface area contributed by atoms with E-state index in [0.717, 1.165) is 0 Å². The Balaban J connectivity index is 1.86. The highest BCUT2D eigenvalue weighted by atomic mass is 16.6. The zero-order valence-electron chi connectivity index (χ0n) is 14.4. The second-order valence-corrected chi connectivity index (χ2v) is 6.63. The molecule has 6 heteroatoms. The van der Waals surface area contributed by atoms with Gasteiger partial charge in [0.25, 0.3) is 5.89 Å². The number of ether oxygens (including phenoxy) is 1. The van der Waals surface area contributed by atoms with Gasteiger partial charge in [-0.15, -0.1) is 0 Å². The van der Waals surface area contributed by atoms with Gasteiger partial charge in [0.15, 0.2) is 17.7 Å². The van der Waals surface area contributed by atoms with Crippen LogP contribution in [0.25, 0.3) is 0 Å². The first-order valence-electron chi connectivity index (χ1n) is 7.89. The third kappa shape index (κ3) is 4.75. The number of esters is 1. The third-order valence-electron chi connectivity index (χ3n) is 3.42. The van der Waals surface area contributed by atoms with Crippen LogP contribution in [0.5, 0.6) is 0 Å². The Morgan fingerprint density at radius 2 is 1.83 bits per heavy atom. The first-order chi connectivity index (χ1) is 11.3. The molecule has 0 aliphatic heterocycles. The molecule has 0 N–H and O–H groups in total. The summed E-state index contributed by atoms with van der Waals surface area (Å²) in [5, 5.41) is 3.90. The highest BCUT2D eigenvalue weighted by molar-refractivity contribution is 5.97. The second kappa shape index (κ2) is 7.38. The standard InChI is InChI=1S/C18H22N2O4/c1-12(16-19-17(20-24-16)18(2,3)4)23-15(22)11-10-14(21)13-8-6-5-7-9-13/h5-9,12H,10-11H2,1-4H3. The van der Waals surface area contributed by atoms with Crippen molar-refractivity contribution in [1.82, 2.24) is 10.1 Å². The Morgan fingerprint density at radius 3 is 2.42 bits per heavy atom. The fraction of sp³-hybridized carbons (Fsp3) is 0.444. The van der Waals surface area contributed by atoms with Crippen molar-refractivity contribution in [3.05, 3.63) is 47.6 Å². The number of aromatic nitrogens is 2. The summed E-state index contributed by atoms with van der Waals surface area (Å²) in [5.41, 5.74) is 0.346. The van der Waals surface area contributed by atoms with Crippen LogP contribution >= 0.6 is 0 Å². The van der Waals surface area contributed by atoms with Gasteiger partial charge in [-0.1, -0.05) is 56.3 Å². The van der Waals surface area contributed by atoms with E-state index in [1.165, 1.54) is 0 Å². The average molecular weight is 330 g/mol. The SMILES string of the molecule is CC(OC(=O)CCC(=O)c1ccccc1)c1nc(C(C)(C)C)no1. The van der Waals surface area contributed by atoms with E-state index in [0.29, 0.717) is 11.4 Å². The first kappa shape index (κ1) is 17.8. The first-order valence-corrected chi connectivity index (χ1v) is 7.89. The molecule has 0 amide bonds. The molecule has 0 bridgehead atoms. The lowest BCUT2D eigenvalue weighted by molar-refractivity contribution is -0.149. The van der Waals surface area contributed by atoms with Gasteiger partial charge in [-0.2, -0.15) is 4.98 Å². The Morgan fingerprint density at radius 1 is 1.17 bits per heavy atom. The Hall–Kier alpha value is -2.50. The number of ketones is 1. The molecular weight excluding hydrogens is 308 g/mol. The van der Waals surface area contributed by atoms with E-state index < -0.39 is 12.1 Å². The molecule has 0 saturated heterocycles. The minimum atomic E-state index is -0.645. The lowest BCUT2D eigenvalue weighted by Gasteiger charge is -2.11. The van der Waals surface area contributed by atoms with Crippen molar-refractivity contribution in [3.63, 3.8) is 0 Å². The molecule has 0 fully saturated rings. The number of carbonyl (C=O) groups is 2. The number of rotatable bonds is 6. The molecule has 128 valence electrons. The van der Waals surface area contributed by atoms with Crippen molar-refractivity contribution in [3.8, 4) is 0 Å². The number of nitrogens with zero attached hydrogens (tertiary/aromatic N) is 2. The van der Waals surface area contributed by atoms with Gasteiger partial charge in [0.05, 0.1) is 6.42 Å². The van der Waals surface area contributed by atoms with Crippen LogP contribution in [0.1, 0.15) is 68.7 Å². The molecule has 1 heterocycles. The largest absolute Gasteiger partial charge is 0.453 e. The monoisotopic (exact) mass is 330 g/mol. The molecule has 1 atom stereocenters. The third-order valence-corrected chi connectivity index (χ3v) is 3.42. The topological polar surface area (TPSA) is 82.3 Å². The minimum Gasteiger partial charge on any atom is -0.453 e. The van der Waals surface area contributed by atoms with Crippen molar-refractivity contribution in [2.45, 2.75) is 52.1 Å². The molecule has 24 heavy (non-hydrogen) atoms. The maximum atomic E-state index is 12.0. The molecule has 2 rings (SSSR count). The summed E-state index contributed by atoms with van der Waals surface area (Å²) in [6.45, 7) is 7.56. The maximum Gasteiger partial charge on any atom is 0.307 e. The number of benzene rings is 1. The predicted molar refractivity (Wildman–Crippen MR) is 87.5 cm³/mol. The molecule has 0 radical (unpaired) electrons. The number of hydrogen-bond donors (Lipinski definition) is 0. The summed E-state index contributed by atoms with van der Waals surface area (Å²) in [7, 11) is 0. The summed E-state index contributed by atoms with van der Waals surface area (Å²) in [6, 6.07) is 8.86. The van der Waals surface area contributed by atoms with Crippen molar-refractivity contribution >= 4 is 11.8 Å². The lowest BCUT2D eigenvalue weighted by Crippen LogP contribution is -2.14. The average Bonchev–Trinajstić information content (AvgIpc) is 3.04. The van der Waals surface area contributed by atoms with E-state index in [2.05, 4.69) is 10.1 Å². The van der Waals surface area contributed by atoms with Gasteiger partial charge < -0.3 is 9.26 Å². The molecule has 2 aromatic rings. The van der Waals surface area contributed by atoms with Gasteiger partial charge in [-0.25, -0.2) is 0 Å². The van der Waals surface area contributed by atoms with Crippen LogP contribution in [-0.4, -0.2) is 21.9 Å². The van der Waals surface area contributed by atoms with Crippen LogP contribution in [0.15, 0.2) is 34.9 Å². The van der Waals surface area contributed by atoms with Gasteiger partial charge in [0.2, 0.25) is 0 Å². The van der Waals surface area contributed by atoms with E-state index in [-0.39, 0.29) is 29.9 Å². The van der Waals surface area contributed by atoms with E-state index in [1.54, 1.807) is 31.2 Å². The molecule has 1 aromatic heterocycles. The van der Waals surface area contributed by atoms with E-state index >= 15 is 0 Å². The van der Waals surface area contributed by atoms with Crippen molar-refractivity contribution in [1.29, 1.82) is 0 Å². The van der Waals surface area contributed by atoms with Crippen LogP contribution < -0.4 is 0 Å². The summed E-state index contributed by atoms with van der Waals surface area (Å²) in [4.78, 5) is 28.1. The quantitative estimate of drug-likeness (QED) is 0.594. The fourth-order valence-electron chi connectivity index (χ4n) is 2.00. The molecule has 6 nitrogen and oxygen atoms in total. The maximum absolute atomic E-state index is 12.0. The predicted octanol–water partition coefficient (Wildman–Crippen LogP) is 3.63. The fourth-order valence-corrected chi connectivity index (χ4v) is 2.00. The summed E-state index contributed by atoms with van der Waals surface area (Å²) < 4.78 is 10.4. The molecule has 1 unspecified atom stereocenters. The summed E-state index contributed by atoms with van der Waals surface area (Å²) in [6.07, 6.45) is -0.529. The summed E-state index contributed by atoms with van der Waals surface area (Å²) >= 11 is 0. The number of carbonyl (C=O) groups excluding carboxylic acids is 2. The number of Topliss-reactive ketones (excluding diaryl/α,β-unsaturated/α-hetero) is 1. The molecule has 1 aromatic carbocycles. The Kier molecular flexibility index (Phi) is 5.49. The summed E-state index contributed by atoms with van der Waals surface area (Å²) in [5.74, 6) is 0.248. The molecule has 0 aliphatic rings. The molecule has 0 aliphatic carbocycles. The lowest BCUT2D eigenvalue weighted by atomic mass is 9.96. The normalized spacial score (nSPS) is 12.7. The Bertz CT molecular complexity index is 701. The van der Waals surface area contributed by atoms with Gasteiger partial charge in [-0.05, 0) is 6.92 Å². The Labute approximate surface area is 141 Å². The van der Waals surface area contributed by atoms with Crippen molar-refractivity contribution in [2.24, 2.45) is 0 Å². The molecule has 0 spiro atoms. The van der Waals surface area contributed by atoms with E-state index in [4.69, 9.17) is 9.26 Å². The van der Waals surface area contributed by atoms with Crippen LogP contribution in [-0.2, 0) is 14.9 Å². The van der Waals surface area contributed by atoms with Crippen LogP contribution in [0.2, 0.25) is 0 Å². The van der Waals surface area contributed by atoms with Gasteiger partial charge in [0, 0.05) is 17.4 Å². The van der Waals surface area contributed by atoms with Gasteiger partial charge >= 0.3 is 5.97 Å². The van der Waals surface area contributed by atoms with E-state index in [1.807, 2.05) is 26.8 Å². The minimum absolute atomic E-state index is 0.0122.